The second kappa shape index (κ2) is 6.54. The van der Waals surface area contributed by atoms with E-state index in [9.17, 15) is 10.2 Å². The summed E-state index contributed by atoms with van der Waals surface area (Å²) in [5.74, 6) is 3.09. The Hall–Kier alpha value is 0.540. The van der Waals surface area contributed by atoms with E-state index in [1.54, 1.807) is 0 Å². The van der Waals surface area contributed by atoms with Crippen LogP contribution in [-0.4, -0.2) is 59.0 Å². The van der Waals surface area contributed by atoms with Gasteiger partial charge in [-0.15, -0.1) is 23.5 Å². The Bertz CT molecular complexity index is 264. The molecule has 19 heavy (non-hydrogen) atoms. The van der Waals surface area contributed by atoms with Gasteiger partial charge in [0.1, 0.15) is 10.9 Å². The number of hydrogen-bond donors (Lipinski definition) is 2. The van der Waals surface area contributed by atoms with Crippen LogP contribution in [0.2, 0.25) is 0 Å². The normalized spacial score (nSPS) is 47.1. The summed E-state index contributed by atoms with van der Waals surface area (Å²) in [5.41, 5.74) is 0.394. The van der Waals surface area contributed by atoms with Crippen LogP contribution >= 0.6 is 23.5 Å². The quantitative estimate of drug-likeness (QED) is 0.809. The third-order valence-corrected chi connectivity index (χ3v) is 7.04. The van der Waals surface area contributed by atoms with Gasteiger partial charge in [0.15, 0.2) is 0 Å². The summed E-state index contributed by atoms with van der Waals surface area (Å²) in [7, 11) is 0. The average Bonchev–Trinajstić information content (AvgIpc) is 3.16. The molecule has 2 saturated heterocycles. The van der Waals surface area contributed by atoms with E-state index in [1.165, 1.54) is 0 Å². The molecule has 1 aliphatic carbocycles. The predicted octanol–water partition coefficient (Wildman–Crippen LogP) is 1.02. The van der Waals surface area contributed by atoms with Crippen molar-refractivity contribution in [3.63, 3.8) is 0 Å². The average molecular weight is 306 g/mol. The van der Waals surface area contributed by atoms with Crippen molar-refractivity contribution in [1.82, 2.24) is 0 Å². The van der Waals surface area contributed by atoms with Gasteiger partial charge in [-0.3, -0.25) is 0 Å². The lowest BCUT2D eigenvalue weighted by atomic mass is 9.88. The van der Waals surface area contributed by atoms with Gasteiger partial charge in [-0.05, 0) is 18.3 Å². The van der Waals surface area contributed by atoms with E-state index in [1.807, 2.05) is 23.5 Å². The Morgan fingerprint density at radius 3 is 1.63 bits per heavy atom. The van der Waals surface area contributed by atoms with Crippen molar-refractivity contribution in [1.29, 1.82) is 0 Å². The zero-order chi connectivity index (χ0) is 13.2. The third-order valence-electron chi connectivity index (χ3n) is 4.61. The fraction of sp³-hybridized carbons (Fsp3) is 1.00. The minimum absolute atomic E-state index is 0.143. The first-order valence-corrected chi connectivity index (χ1v) is 9.13. The first kappa shape index (κ1) is 14.5. The van der Waals surface area contributed by atoms with Gasteiger partial charge >= 0.3 is 0 Å². The fourth-order valence-electron chi connectivity index (χ4n) is 3.71. The van der Waals surface area contributed by atoms with E-state index in [2.05, 4.69) is 0 Å². The molecule has 6 atom stereocenters. The number of hydrogen-bond acceptors (Lipinski definition) is 6. The maximum Gasteiger partial charge on any atom is 0.106 e. The van der Waals surface area contributed by atoms with Crippen molar-refractivity contribution in [3.05, 3.63) is 0 Å². The van der Waals surface area contributed by atoms with E-state index in [4.69, 9.17) is 9.47 Å². The third kappa shape index (κ3) is 2.80. The maximum atomic E-state index is 9.74. The number of thioether (sulfide) groups is 2. The van der Waals surface area contributed by atoms with Gasteiger partial charge in [-0.2, -0.15) is 0 Å². The van der Waals surface area contributed by atoms with Crippen LogP contribution in [0.15, 0.2) is 0 Å². The highest BCUT2D eigenvalue weighted by Crippen LogP contribution is 2.51. The highest BCUT2D eigenvalue weighted by molar-refractivity contribution is 8.00. The molecular weight excluding hydrogens is 284 g/mol. The Balaban J connectivity index is 1.74. The molecule has 0 aromatic rings. The lowest BCUT2D eigenvalue weighted by molar-refractivity contribution is 0.0361. The summed E-state index contributed by atoms with van der Waals surface area (Å²) in [6, 6.07) is 0. The molecule has 3 rings (SSSR count). The van der Waals surface area contributed by atoms with E-state index in [0.29, 0.717) is 11.8 Å². The maximum absolute atomic E-state index is 9.74. The molecule has 2 aliphatic heterocycles. The summed E-state index contributed by atoms with van der Waals surface area (Å²) in [5, 5.41) is 19.5. The Kier molecular flexibility index (Phi) is 4.98. The monoisotopic (exact) mass is 306 g/mol. The second-order valence-corrected chi connectivity index (χ2v) is 7.89. The van der Waals surface area contributed by atoms with Crippen LogP contribution in [0.3, 0.4) is 0 Å². The molecule has 0 bridgehead atoms. The lowest BCUT2D eigenvalue weighted by Gasteiger charge is -2.27. The van der Waals surface area contributed by atoms with Crippen molar-refractivity contribution >= 4 is 23.5 Å². The highest BCUT2D eigenvalue weighted by atomic mass is 32.2. The van der Waals surface area contributed by atoms with Gasteiger partial charge in [-0.1, -0.05) is 0 Å². The molecule has 1 saturated carbocycles. The van der Waals surface area contributed by atoms with E-state index < -0.39 is 0 Å². The van der Waals surface area contributed by atoms with Crippen LogP contribution in [-0.2, 0) is 9.47 Å². The summed E-state index contributed by atoms with van der Waals surface area (Å²) in [6.07, 6.45) is 1.01. The van der Waals surface area contributed by atoms with Gasteiger partial charge in [-0.25, -0.2) is 0 Å². The Morgan fingerprint density at radius 1 is 0.842 bits per heavy atom. The van der Waals surface area contributed by atoms with Crippen LogP contribution < -0.4 is 0 Å². The van der Waals surface area contributed by atoms with E-state index in [0.717, 1.165) is 31.1 Å². The number of aliphatic hydroxyl groups excluding tert-OH is 2. The minimum atomic E-state index is 0.143. The molecule has 2 heterocycles. The summed E-state index contributed by atoms with van der Waals surface area (Å²) in [4.78, 5) is 0. The highest BCUT2D eigenvalue weighted by Gasteiger charge is 2.50. The first-order valence-electron chi connectivity index (χ1n) is 7.03. The van der Waals surface area contributed by atoms with Crippen LogP contribution in [0.1, 0.15) is 6.42 Å². The molecule has 4 unspecified atom stereocenters. The van der Waals surface area contributed by atoms with E-state index >= 15 is 0 Å². The minimum Gasteiger partial charge on any atom is -0.396 e. The first-order chi connectivity index (χ1) is 9.35. The van der Waals surface area contributed by atoms with Crippen molar-refractivity contribution in [3.8, 4) is 0 Å². The molecule has 0 spiro atoms. The van der Waals surface area contributed by atoms with Gasteiger partial charge in [0.2, 0.25) is 0 Å². The Morgan fingerprint density at radius 2 is 1.32 bits per heavy atom. The standard InChI is InChI=1S/C13H22O4S2/c14-6-10-8(12-16-1-3-18-12)5-9(11(10)7-15)13-17-2-4-19-13/h8-15H,1-7H2/t8?,9?,10-,11+,12?,13?. The molecule has 3 aliphatic rings. The topological polar surface area (TPSA) is 58.9 Å². The smallest absolute Gasteiger partial charge is 0.106 e. The van der Waals surface area contributed by atoms with E-state index in [-0.39, 0.29) is 35.9 Å². The number of aliphatic hydroxyl groups is 2. The van der Waals surface area contributed by atoms with Crippen molar-refractivity contribution in [2.75, 3.05) is 37.9 Å². The van der Waals surface area contributed by atoms with Crippen molar-refractivity contribution in [2.45, 2.75) is 17.3 Å². The van der Waals surface area contributed by atoms with Crippen LogP contribution in [0.5, 0.6) is 0 Å². The molecule has 0 aromatic carbocycles. The van der Waals surface area contributed by atoms with Gasteiger partial charge in [0, 0.05) is 36.6 Å². The lowest BCUT2D eigenvalue weighted by Crippen LogP contribution is -2.30. The summed E-state index contributed by atoms with van der Waals surface area (Å²) < 4.78 is 11.6. The zero-order valence-corrected chi connectivity index (χ0v) is 12.6. The number of ether oxygens (including phenoxy) is 2. The Labute approximate surface area is 122 Å². The molecule has 0 aromatic heterocycles. The van der Waals surface area contributed by atoms with Crippen molar-refractivity contribution < 1.29 is 19.7 Å². The summed E-state index contributed by atoms with van der Waals surface area (Å²) >= 11 is 3.71. The predicted molar refractivity (Wildman–Crippen MR) is 77.1 cm³/mol. The number of rotatable bonds is 4. The van der Waals surface area contributed by atoms with Crippen molar-refractivity contribution in [2.24, 2.45) is 23.7 Å². The molecule has 6 heteroatoms. The SMILES string of the molecule is OC[C@@H]1C(C2OCCS2)CC(C2OCCS2)[C@@H]1CO. The molecule has 2 N–H and O–H groups in total. The molecule has 3 fully saturated rings. The van der Waals surface area contributed by atoms with Gasteiger partial charge in [0.25, 0.3) is 0 Å². The summed E-state index contributed by atoms with van der Waals surface area (Å²) in [6.45, 7) is 1.91. The van der Waals surface area contributed by atoms with Crippen LogP contribution in [0, 0.1) is 23.7 Å². The molecule has 0 radical (unpaired) electrons. The van der Waals surface area contributed by atoms with Gasteiger partial charge < -0.3 is 19.7 Å². The largest absolute Gasteiger partial charge is 0.396 e. The molecule has 0 amide bonds. The van der Waals surface area contributed by atoms with Crippen LogP contribution in [0.4, 0.5) is 0 Å². The molecule has 110 valence electrons. The second-order valence-electron chi connectivity index (χ2n) is 5.48. The van der Waals surface area contributed by atoms with Gasteiger partial charge in [0.05, 0.1) is 13.2 Å². The van der Waals surface area contributed by atoms with Crippen LogP contribution in [0.25, 0.3) is 0 Å². The molecule has 4 nitrogen and oxygen atoms in total. The zero-order valence-electron chi connectivity index (χ0n) is 10.9. The fourth-order valence-corrected chi connectivity index (χ4v) is 6.07. The molecular formula is C13H22O4S2.